The molecule has 5 heterocycles. The van der Waals surface area contributed by atoms with Gasteiger partial charge in [0.25, 0.3) is 0 Å². The number of aryl methyl sites for hydroxylation is 4. The van der Waals surface area contributed by atoms with E-state index in [1.807, 2.05) is 72.9 Å². The minimum atomic E-state index is -1.12. The van der Waals surface area contributed by atoms with Crippen LogP contribution in [0.4, 0.5) is 0 Å². The molecular formula is C59H82BBrN4O10. The van der Waals surface area contributed by atoms with Gasteiger partial charge in [0.05, 0.1) is 59.8 Å². The van der Waals surface area contributed by atoms with E-state index >= 15 is 0 Å². The number of benzene rings is 2. The fourth-order valence-electron chi connectivity index (χ4n) is 10.1. The van der Waals surface area contributed by atoms with Crippen LogP contribution in [-0.2, 0) is 60.0 Å². The van der Waals surface area contributed by atoms with Gasteiger partial charge in [-0.05, 0) is 219 Å². The van der Waals surface area contributed by atoms with Crippen LogP contribution in [0, 0.1) is 11.8 Å². The predicted molar refractivity (Wildman–Crippen MR) is 298 cm³/mol. The number of allylic oxidation sites excluding steroid dienone is 4. The number of rotatable bonds is 10. The van der Waals surface area contributed by atoms with Gasteiger partial charge in [0, 0.05) is 25.2 Å². The first-order valence-electron chi connectivity index (χ1n) is 26.9. The van der Waals surface area contributed by atoms with Gasteiger partial charge in [-0.3, -0.25) is 9.36 Å². The van der Waals surface area contributed by atoms with Crippen molar-refractivity contribution in [2.24, 2.45) is 25.9 Å². The number of hydrogen-bond acceptors (Lipinski definition) is 11. The Bertz CT molecular complexity index is 2750. The molecule has 0 spiro atoms. The van der Waals surface area contributed by atoms with Crippen LogP contribution in [0.3, 0.4) is 0 Å². The SMILES string of the molecule is CC1CC=C(B2OC(C)(C)C(C)(C)O2)CC1.CC1CC=C(c2nn(C)c(C(OC(C)(C)C)C(=O)O)c2-c2ccc3c(c2)CCCO3)CC1.COC(=O)C(OC(C)(C)C)c1c(-c2ccc3c(c2)CCCO3)c(Br)nn1C. The van der Waals surface area contributed by atoms with E-state index in [1.165, 1.54) is 31.0 Å². The largest absolute Gasteiger partial charge is 0.493 e. The molecule has 4 unspecified atom stereocenters. The number of esters is 1. The maximum Gasteiger partial charge on any atom is 0.490 e. The second-order valence-electron chi connectivity index (χ2n) is 23.9. The van der Waals surface area contributed by atoms with Gasteiger partial charge in [-0.1, -0.05) is 38.1 Å². The Balaban J connectivity index is 0.000000173. The van der Waals surface area contributed by atoms with Gasteiger partial charge in [-0.2, -0.15) is 10.2 Å². The van der Waals surface area contributed by atoms with Gasteiger partial charge in [-0.25, -0.2) is 9.59 Å². The molecule has 0 saturated carbocycles. The van der Waals surface area contributed by atoms with E-state index in [9.17, 15) is 14.7 Å². The highest BCUT2D eigenvalue weighted by Gasteiger charge is 2.52. The molecule has 1 N–H and O–H groups in total. The molecule has 0 bridgehead atoms. The zero-order valence-electron chi connectivity index (χ0n) is 47.3. The third-order valence-corrected chi connectivity index (χ3v) is 15.4. The Hall–Kier alpha value is -4.74. The number of fused-ring (bicyclic) bond motifs is 2. The lowest BCUT2D eigenvalue weighted by atomic mass is 9.71. The Morgan fingerprint density at radius 2 is 1.23 bits per heavy atom. The molecule has 9 rings (SSSR count). The monoisotopic (exact) mass is 1100 g/mol. The molecule has 3 aliphatic heterocycles. The summed E-state index contributed by atoms with van der Waals surface area (Å²) < 4.78 is 44.8. The van der Waals surface area contributed by atoms with Crippen LogP contribution in [0.15, 0.2) is 58.6 Å². The number of carboxylic acid groups (broad SMARTS) is 1. The molecule has 0 radical (unpaired) electrons. The first-order valence-corrected chi connectivity index (χ1v) is 27.7. The second kappa shape index (κ2) is 23.5. The summed E-state index contributed by atoms with van der Waals surface area (Å²) in [4.78, 5) is 24.9. The molecule has 408 valence electrons. The van der Waals surface area contributed by atoms with Gasteiger partial charge in [-0.15, -0.1) is 0 Å². The smallest absolute Gasteiger partial charge is 0.490 e. The molecule has 2 aliphatic carbocycles. The van der Waals surface area contributed by atoms with Crippen LogP contribution < -0.4 is 9.47 Å². The van der Waals surface area contributed by atoms with Crippen LogP contribution in [0.1, 0.15) is 175 Å². The van der Waals surface area contributed by atoms with Crippen LogP contribution in [0.2, 0.25) is 0 Å². The van der Waals surface area contributed by atoms with Gasteiger partial charge in [0.2, 0.25) is 0 Å². The summed E-state index contributed by atoms with van der Waals surface area (Å²) in [5.41, 5.74) is 9.00. The lowest BCUT2D eigenvalue weighted by molar-refractivity contribution is -0.165. The van der Waals surface area contributed by atoms with Crippen molar-refractivity contribution in [3.8, 4) is 33.8 Å². The number of hydrogen-bond donors (Lipinski definition) is 1. The number of halogens is 1. The molecule has 14 nitrogen and oxygen atoms in total. The van der Waals surface area contributed by atoms with E-state index in [1.54, 1.807) is 16.4 Å². The van der Waals surface area contributed by atoms with Crippen molar-refractivity contribution in [3.05, 3.63) is 86.8 Å². The summed E-state index contributed by atoms with van der Waals surface area (Å²) >= 11 is 3.55. The molecule has 1 fully saturated rings. The first kappa shape index (κ1) is 58.0. The number of carbonyl (C=O) groups is 2. The van der Waals surface area contributed by atoms with E-state index in [-0.39, 0.29) is 18.3 Å². The fraction of sp³-hybridized carbons (Fsp3) is 0.593. The molecule has 75 heavy (non-hydrogen) atoms. The summed E-state index contributed by atoms with van der Waals surface area (Å²) in [6, 6.07) is 12.2. The van der Waals surface area contributed by atoms with Crippen LogP contribution in [-0.4, -0.2) is 86.5 Å². The molecule has 4 aromatic rings. The maximum atomic E-state index is 12.5. The molecule has 4 atom stereocenters. The number of aromatic nitrogens is 4. The lowest BCUT2D eigenvalue weighted by Crippen LogP contribution is -2.41. The average Bonchev–Trinajstić information content (AvgIpc) is 3.93. The standard InChI is InChI=1S/C26H34N2O4.C20H25BrN2O4.C13H23BO2/c1-16-8-10-17(11-9-16)22-21(19-12-13-20-18(15-19)7-6-14-31-20)23(28(5)27-22)24(25(29)30)32-26(2,3)4;1-20(2,3)27-17(19(24)25-5)16-15(18(21)22-23(16)4)13-8-9-14-12(11-13)7-6-10-26-14;1-10-6-8-11(9-7-10)14-15-12(2,3)13(4,5)16-14/h10,12-13,15-16,24H,6-9,11,14H2,1-5H3,(H,29,30);8-9,11,17H,6-7,10H2,1-5H3;8,10H,6-7,9H2,1-5H3. The molecule has 16 heteroatoms. The van der Waals surface area contributed by atoms with Gasteiger partial charge in [0.1, 0.15) is 16.1 Å². The molecule has 2 aromatic carbocycles. The summed E-state index contributed by atoms with van der Waals surface area (Å²) in [6.07, 6.45) is 13.1. The van der Waals surface area contributed by atoms with Crippen molar-refractivity contribution in [1.29, 1.82) is 0 Å². The van der Waals surface area contributed by atoms with E-state index in [0.717, 1.165) is 121 Å². The van der Waals surface area contributed by atoms with Crippen LogP contribution in [0.5, 0.6) is 11.5 Å². The number of ether oxygens (including phenoxy) is 5. The quantitative estimate of drug-likeness (QED) is 0.119. The van der Waals surface area contributed by atoms with Crippen molar-refractivity contribution in [2.75, 3.05) is 20.3 Å². The highest BCUT2D eigenvalue weighted by atomic mass is 79.9. The number of nitrogens with zero attached hydrogens (tertiary/aromatic N) is 4. The Kier molecular flexibility index (Phi) is 18.1. The van der Waals surface area contributed by atoms with Crippen molar-refractivity contribution in [2.45, 2.75) is 182 Å². The Labute approximate surface area is 454 Å². The van der Waals surface area contributed by atoms with Crippen molar-refractivity contribution in [1.82, 2.24) is 19.6 Å². The summed E-state index contributed by atoms with van der Waals surface area (Å²) in [7, 11) is 4.87. The van der Waals surface area contributed by atoms with Crippen LogP contribution in [0.25, 0.3) is 27.8 Å². The van der Waals surface area contributed by atoms with Gasteiger partial charge in [0.15, 0.2) is 12.2 Å². The maximum absolute atomic E-state index is 12.5. The number of methoxy groups -OCH3 is 1. The third kappa shape index (κ3) is 13.9. The molecule has 5 aliphatic rings. The summed E-state index contributed by atoms with van der Waals surface area (Å²) in [5.74, 6) is 1.83. The van der Waals surface area contributed by atoms with E-state index < -0.39 is 35.3 Å². The number of carbonyl (C=O) groups excluding carboxylic acids is 1. The van der Waals surface area contributed by atoms with Crippen molar-refractivity contribution >= 4 is 40.6 Å². The number of aliphatic carboxylic acids is 1. The highest BCUT2D eigenvalue weighted by Crippen LogP contribution is 2.44. The Morgan fingerprint density at radius 1 is 0.733 bits per heavy atom. The summed E-state index contributed by atoms with van der Waals surface area (Å²) in [5, 5.41) is 19.5. The van der Waals surface area contributed by atoms with Gasteiger partial charge >= 0.3 is 19.1 Å². The fourth-order valence-corrected chi connectivity index (χ4v) is 10.7. The number of carboxylic acids is 1. The second-order valence-corrected chi connectivity index (χ2v) is 24.6. The summed E-state index contributed by atoms with van der Waals surface area (Å²) in [6.45, 7) is 25.8. The predicted octanol–water partition coefficient (Wildman–Crippen LogP) is 13.1. The molecule has 2 aromatic heterocycles. The van der Waals surface area contributed by atoms with Crippen molar-refractivity contribution in [3.63, 3.8) is 0 Å². The minimum Gasteiger partial charge on any atom is -0.493 e. The zero-order valence-corrected chi connectivity index (χ0v) is 48.9. The Morgan fingerprint density at radius 3 is 1.71 bits per heavy atom. The van der Waals surface area contributed by atoms with E-state index in [2.05, 4.69) is 86.9 Å². The normalized spacial score (nSPS) is 20.8. The molecule has 0 amide bonds. The molecule has 1 saturated heterocycles. The topological polar surface area (TPSA) is 155 Å². The highest BCUT2D eigenvalue weighted by molar-refractivity contribution is 9.10. The van der Waals surface area contributed by atoms with E-state index in [0.29, 0.717) is 21.9 Å². The molecular weight excluding hydrogens is 1020 g/mol. The van der Waals surface area contributed by atoms with Crippen LogP contribution >= 0.6 is 15.9 Å². The van der Waals surface area contributed by atoms with E-state index in [4.69, 9.17) is 38.1 Å². The lowest BCUT2D eigenvalue weighted by Gasteiger charge is -2.32. The van der Waals surface area contributed by atoms with Crippen molar-refractivity contribution < 1.29 is 47.7 Å². The average molecular weight is 1100 g/mol. The zero-order chi connectivity index (χ0) is 54.8. The first-order chi connectivity index (χ1) is 35.2. The third-order valence-electron chi connectivity index (χ3n) is 14.9. The van der Waals surface area contributed by atoms with Gasteiger partial charge < -0.3 is 38.1 Å². The minimum absolute atomic E-state index is 0.113.